The van der Waals surface area contributed by atoms with E-state index in [1.165, 1.54) is 49.0 Å². The average molecular weight is 436 g/mol. The predicted octanol–water partition coefficient (Wildman–Crippen LogP) is 3.76. The van der Waals surface area contributed by atoms with E-state index in [4.69, 9.17) is 16.3 Å². The lowest BCUT2D eigenvalue weighted by Crippen LogP contribution is -2.33. The lowest BCUT2D eigenvalue weighted by Gasteiger charge is -2.18. The summed E-state index contributed by atoms with van der Waals surface area (Å²) < 4.78 is 19.1. The van der Waals surface area contributed by atoms with E-state index in [0.29, 0.717) is 27.2 Å². The van der Waals surface area contributed by atoms with Crippen molar-refractivity contribution in [2.45, 2.75) is 18.2 Å². The van der Waals surface area contributed by atoms with Crippen LogP contribution in [0.25, 0.3) is 0 Å². The van der Waals surface area contributed by atoms with Crippen molar-refractivity contribution >= 4 is 46.0 Å². The van der Waals surface area contributed by atoms with Gasteiger partial charge in [0.15, 0.2) is 5.17 Å². The number of thioether (sulfide) groups is 1. The highest BCUT2D eigenvalue weighted by molar-refractivity contribution is 8.15. The van der Waals surface area contributed by atoms with E-state index < -0.39 is 11.1 Å². The highest BCUT2D eigenvalue weighted by Crippen LogP contribution is 2.34. The normalized spacial score (nSPS) is 17.7. The molecule has 2 amide bonds. The van der Waals surface area contributed by atoms with Crippen molar-refractivity contribution < 1.29 is 18.7 Å². The van der Waals surface area contributed by atoms with Crippen LogP contribution in [0.15, 0.2) is 47.5 Å². The number of amides is 2. The van der Waals surface area contributed by atoms with Gasteiger partial charge < -0.3 is 10.1 Å². The van der Waals surface area contributed by atoms with Gasteiger partial charge in [0.2, 0.25) is 11.8 Å². The van der Waals surface area contributed by atoms with Gasteiger partial charge in [0, 0.05) is 24.1 Å². The molecule has 6 nitrogen and oxygen atoms in total. The van der Waals surface area contributed by atoms with Gasteiger partial charge in [-0.15, -0.1) is 0 Å². The molecule has 2 aromatic rings. The summed E-state index contributed by atoms with van der Waals surface area (Å²) in [4.78, 5) is 30.8. The minimum absolute atomic E-state index is 0.0192. The maximum atomic E-state index is 13.8. The number of benzene rings is 2. The number of nitrogens with one attached hydrogen (secondary N) is 1. The third-order valence-electron chi connectivity index (χ3n) is 4.27. The number of hydrogen-bond donors (Lipinski definition) is 1. The summed E-state index contributed by atoms with van der Waals surface area (Å²) in [6.07, 6.45) is 0.0192. The van der Waals surface area contributed by atoms with E-state index in [0.717, 1.165) is 0 Å². The van der Waals surface area contributed by atoms with Crippen LogP contribution >= 0.6 is 23.4 Å². The van der Waals surface area contributed by atoms with Crippen molar-refractivity contribution in [3.05, 3.63) is 58.9 Å². The molecular weight excluding hydrogens is 417 g/mol. The first-order chi connectivity index (χ1) is 13.9. The minimum Gasteiger partial charge on any atom is -0.496 e. The Morgan fingerprint density at radius 2 is 2.14 bits per heavy atom. The highest BCUT2D eigenvalue weighted by atomic mass is 35.5. The summed E-state index contributed by atoms with van der Waals surface area (Å²) >= 11 is 7.23. The number of carbonyl (C=O) groups excluding carboxylic acids is 2. The third kappa shape index (κ3) is 5.07. The first-order valence-corrected chi connectivity index (χ1v) is 10.0. The van der Waals surface area contributed by atoms with Crippen LogP contribution in [0.5, 0.6) is 5.75 Å². The SMILES string of the molecule is CNC(=O)CC1SC(=Nc2cccc(Cl)c2)N(Cc2cc(F)ccc2OC)C1=O. The Morgan fingerprint density at radius 1 is 1.34 bits per heavy atom. The molecule has 9 heteroatoms. The summed E-state index contributed by atoms with van der Waals surface area (Å²) in [5, 5.41) is 2.84. The molecule has 1 aliphatic rings. The molecule has 1 saturated heterocycles. The Morgan fingerprint density at radius 3 is 2.83 bits per heavy atom. The van der Waals surface area contributed by atoms with Gasteiger partial charge in [-0.3, -0.25) is 14.5 Å². The summed E-state index contributed by atoms with van der Waals surface area (Å²) in [7, 11) is 3.00. The smallest absolute Gasteiger partial charge is 0.242 e. The van der Waals surface area contributed by atoms with Gasteiger partial charge in [0.05, 0.1) is 19.3 Å². The van der Waals surface area contributed by atoms with Crippen molar-refractivity contribution in [2.24, 2.45) is 4.99 Å². The maximum Gasteiger partial charge on any atom is 0.242 e. The number of hydrogen-bond acceptors (Lipinski definition) is 5. The van der Waals surface area contributed by atoms with Crippen molar-refractivity contribution in [2.75, 3.05) is 14.2 Å². The first-order valence-electron chi connectivity index (χ1n) is 8.76. The minimum atomic E-state index is -0.618. The van der Waals surface area contributed by atoms with Gasteiger partial charge in [0.25, 0.3) is 0 Å². The molecule has 0 radical (unpaired) electrons. The quantitative estimate of drug-likeness (QED) is 0.750. The Hall–Kier alpha value is -2.58. The third-order valence-corrected chi connectivity index (χ3v) is 5.68. The Labute approximate surface area is 177 Å². The molecule has 1 heterocycles. The highest BCUT2D eigenvalue weighted by Gasteiger charge is 2.39. The molecule has 0 bridgehead atoms. The number of rotatable bonds is 6. The second-order valence-corrected chi connectivity index (χ2v) is 7.84. The number of nitrogens with zero attached hydrogens (tertiary/aromatic N) is 2. The molecule has 1 aliphatic heterocycles. The van der Waals surface area contributed by atoms with Crippen LogP contribution in [0.3, 0.4) is 0 Å². The standard InChI is InChI=1S/C20H19ClFN3O3S/c1-23-18(26)10-17-19(27)25(11-12-8-14(22)6-7-16(12)28-2)20(29-17)24-15-5-3-4-13(21)9-15/h3-9,17H,10-11H2,1-2H3,(H,23,26). The largest absolute Gasteiger partial charge is 0.496 e. The first kappa shape index (κ1) is 21.1. The van der Waals surface area contributed by atoms with Gasteiger partial charge >= 0.3 is 0 Å². The lowest BCUT2D eigenvalue weighted by molar-refractivity contribution is -0.129. The average Bonchev–Trinajstić information content (AvgIpc) is 2.97. The van der Waals surface area contributed by atoms with Crippen molar-refractivity contribution in [1.82, 2.24) is 10.2 Å². The van der Waals surface area contributed by atoms with Gasteiger partial charge in [-0.05, 0) is 36.4 Å². The van der Waals surface area contributed by atoms with Crippen LogP contribution in [-0.4, -0.2) is 41.3 Å². The second kappa shape index (κ2) is 9.28. The van der Waals surface area contributed by atoms with E-state index in [2.05, 4.69) is 10.3 Å². The zero-order valence-corrected chi connectivity index (χ0v) is 17.4. The molecule has 3 rings (SSSR count). The van der Waals surface area contributed by atoms with Crippen molar-refractivity contribution in [3.63, 3.8) is 0 Å². The van der Waals surface area contributed by atoms with Crippen LogP contribution in [0.4, 0.5) is 10.1 Å². The molecule has 2 aromatic carbocycles. The molecule has 1 fully saturated rings. The number of methoxy groups -OCH3 is 1. The second-order valence-electron chi connectivity index (χ2n) is 6.24. The summed E-state index contributed by atoms with van der Waals surface area (Å²) in [6, 6.07) is 11.0. The number of amidine groups is 1. The molecule has 0 aliphatic carbocycles. The zero-order valence-electron chi connectivity index (χ0n) is 15.8. The topological polar surface area (TPSA) is 71.0 Å². The molecule has 0 aromatic heterocycles. The molecule has 1 unspecified atom stereocenters. The number of ether oxygens (including phenoxy) is 1. The van der Waals surface area contributed by atoms with Crippen LogP contribution in [-0.2, 0) is 16.1 Å². The molecule has 29 heavy (non-hydrogen) atoms. The number of halogens is 2. The molecule has 0 saturated carbocycles. The summed E-state index contributed by atoms with van der Waals surface area (Å²) in [5.74, 6) is -0.495. The lowest BCUT2D eigenvalue weighted by atomic mass is 10.1. The molecule has 1 atom stereocenters. The van der Waals surface area contributed by atoms with Crippen LogP contribution in [0.1, 0.15) is 12.0 Å². The number of aliphatic imine (C=N–C) groups is 1. The Kier molecular flexibility index (Phi) is 6.76. The molecular formula is C20H19ClFN3O3S. The van der Waals surface area contributed by atoms with Crippen LogP contribution in [0.2, 0.25) is 5.02 Å². The van der Waals surface area contributed by atoms with Gasteiger partial charge in [0.1, 0.15) is 16.8 Å². The monoisotopic (exact) mass is 435 g/mol. The fourth-order valence-electron chi connectivity index (χ4n) is 2.84. The fraction of sp³-hybridized carbons (Fsp3) is 0.250. The van der Waals surface area contributed by atoms with E-state index in [1.54, 1.807) is 24.3 Å². The van der Waals surface area contributed by atoms with E-state index in [1.807, 2.05) is 0 Å². The van der Waals surface area contributed by atoms with Gasteiger partial charge in [-0.2, -0.15) is 0 Å². The van der Waals surface area contributed by atoms with Gasteiger partial charge in [-0.25, -0.2) is 9.38 Å². The van der Waals surface area contributed by atoms with E-state index >= 15 is 0 Å². The number of carbonyl (C=O) groups is 2. The van der Waals surface area contributed by atoms with E-state index in [-0.39, 0.29) is 24.8 Å². The molecule has 1 N–H and O–H groups in total. The molecule has 152 valence electrons. The zero-order chi connectivity index (χ0) is 21.0. The Balaban J connectivity index is 1.96. The predicted molar refractivity (Wildman–Crippen MR) is 112 cm³/mol. The van der Waals surface area contributed by atoms with Crippen LogP contribution in [0, 0.1) is 5.82 Å². The van der Waals surface area contributed by atoms with Crippen LogP contribution < -0.4 is 10.1 Å². The van der Waals surface area contributed by atoms with Gasteiger partial charge in [-0.1, -0.05) is 29.4 Å². The fourth-order valence-corrected chi connectivity index (χ4v) is 4.18. The van der Waals surface area contributed by atoms with E-state index in [9.17, 15) is 14.0 Å². The maximum absolute atomic E-state index is 13.8. The molecule has 0 spiro atoms. The summed E-state index contributed by atoms with van der Waals surface area (Å²) in [5.41, 5.74) is 1.07. The summed E-state index contributed by atoms with van der Waals surface area (Å²) in [6.45, 7) is 0.0659. The Bertz CT molecular complexity index is 970. The van der Waals surface area contributed by atoms with Crippen molar-refractivity contribution in [3.8, 4) is 5.75 Å². The van der Waals surface area contributed by atoms with Crippen molar-refractivity contribution in [1.29, 1.82) is 0 Å².